The third kappa shape index (κ3) is 2.63. The van der Waals surface area contributed by atoms with Crippen LogP contribution in [0.25, 0.3) is 0 Å². The summed E-state index contributed by atoms with van der Waals surface area (Å²) in [5.74, 6) is 1.77. The van der Waals surface area contributed by atoms with Crippen LogP contribution < -0.4 is 15.2 Å². The highest BCUT2D eigenvalue weighted by atomic mass is 16.7. The molecule has 0 spiro atoms. The third-order valence-corrected chi connectivity index (χ3v) is 3.67. The van der Waals surface area contributed by atoms with E-state index in [0.717, 1.165) is 30.8 Å². The van der Waals surface area contributed by atoms with Crippen LogP contribution in [0.4, 0.5) is 0 Å². The Hall–Kier alpha value is -2.00. The summed E-state index contributed by atoms with van der Waals surface area (Å²) in [5, 5.41) is 0. The average Bonchev–Trinajstić information content (AvgIpc) is 2.96. The van der Waals surface area contributed by atoms with Gasteiger partial charge in [0.1, 0.15) is 0 Å². The second kappa shape index (κ2) is 5.97. The van der Waals surface area contributed by atoms with Gasteiger partial charge < -0.3 is 15.2 Å². The predicted molar refractivity (Wildman–Crippen MR) is 79.2 cm³/mol. The predicted octanol–water partition coefficient (Wildman–Crippen LogP) is 2.70. The highest BCUT2D eigenvalue weighted by molar-refractivity contribution is 5.48. The summed E-state index contributed by atoms with van der Waals surface area (Å²) < 4.78 is 11.0. The number of hydrogen-bond donors (Lipinski definition) is 1. The zero-order valence-corrected chi connectivity index (χ0v) is 11.5. The van der Waals surface area contributed by atoms with Crippen molar-refractivity contribution in [3.63, 3.8) is 0 Å². The van der Waals surface area contributed by atoms with Gasteiger partial charge in [0.15, 0.2) is 11.5 Å². The maximum atomic E-state index is 5.67. The van der Waals surface area contributed by atoms with Crippen molar-refractivity contribution < 1.29 is 9.47 Å². The lowest BCUT2D eigenvalue weighted by molar-refractivity contribution is 0.173. The van der Waals surface area contributed by atoms with E-state index in [1.807, 2.05) is 12.1 Å². The topological polar surface area (TPSA) is 44.5 Å². The number of hydrogen-bond acceptors (Lipinski definition) is 3. The Morgan fingerprint density at radius 1 is 0.800 bits per heavy atom. The number of aryl methyl sites for hydroxylation is 2. The average molecular weight is 269 g/mol. The molecule has 1 aliphatic rings. The Morgan fingerprint density at radius 2 is 1.50 bits per heavy atom. The Bertz CT molecular complexity index is 595. The molecule has 0 saturated carbocycles. The van der Waals surface area contributed by atoms with Gasteiger partial charge in [0, 0.05) is 0 Å². The van der Waals surface area contributed by atoms with E-state index >= 15 is 0 Å². The number of ether oxygens (including phenoxy) is 2. The quantitative estimate of drug-likeness (QED) is 0.907. The monoisotopic (exact) mass is 269 g/mol. The number of para-hydroxylation sites is 1. The Morgan fingerprint density at radius 3 is 2.30 bits per heavy atom. The smallest absolute Gasteiger partial charge is 0.231 e. The molecule has 104 valence electrons. The fourth-order valence-electron chi connectivity index (χ4n) is 2.66. The maximum Gasteiger partial charge on any atom is 0.231 e. The molecule has 3 rings (SSSR count). The van der Waals surface area contributed by atoms with E-state index in [4.69, 9.17) is 15.2 Å². The van der Waals surface area contributed by atoms with E-state index in [9.17, 15) is 0 Å². The largest absolute Gasteiger partial charge is 0.454 e. The third-order valence-electron chi connectivity index (χ3n) is 3.67. The normalized spacial score (nSPS) is 12.7. The summed E-state index contributed by atoms with van der Waals surface area (Å²) in [6.45, 7) is 1.02. The molecule has 0 amide bonds. The van der Waals surface area contributed by atoms with E-state index in [1.165, 1.54) is 16.7 Å². The van der Waals surface area contributed by atoms with Gasteiger partial charge in [0.25, 0.3) is 0 Å². The minimum atomic E-state index is 0.329. The van der Waals surface area contributed by atoms with Crippen molar-refractivity contribution in [2.24, 2.45) is 5.73 Å². The molecule has 0 aromatic heterocycles. The van der Waals surface area contributed by atoms with Crippen molar-refractivity contribution in [3.05, 3.63) is 59.2 Å². The Balaban J connectivity index is 1.76. The van der Waals surface area contributed by atoms with Crippen molar-refractivity contribution >= 4 is 0 Å². The molecular formula is C17H19NO2. The van der Waals surface area contributed by atoms with Gasteiger partial charge in [-0.2, -0.15) is 0 Å². The first-order valence-corrected chi connectivity index (χ1v) is 7.03. The van der Waals surface area contributed by atoms with Crippen LogP contribution >= 0.6 is 0 Å². The molecule has 0 bridgehead atoms. The Kier molecular flexibility index (Phi) is 3.88. The van der Waals surface area contributed by atoms with Crippen LogP contribution in [0.15, 0.2) is 42.5 Å². The molecule has 20 heavy (non-hydrogen) atoms. The molecule has 0 atom stereocenters. The fourth-order valence-corrected chi connectivity index (χ4v) is 2.66. The number of nitrogens with two attached hydrogens (primary N) is 1. The minimum Gasteiger partial charge on any atom is -0.454 e. The molecule has 0 aliphatic carbocycles. The van der Waals surface area contributed by atoms with Crippen LogP contribution in [0.2, 0.25) is 0 Å². The van der Waals surface area contributed by atoms with Crippen LogP contribution in [-0.2, 0) is 19.3 Å². The van der Waals surface area contributed by atoms with Gasteiger partial charge in [-0.1, -0.05) is 36.4 Å². The lowest BCUT2D eigenvalue weighted by Crippen LogP contribution is -2.06. The van der Waals surface area contributed by atoms with Crippen molar-refractivity contribution in [3.8, 4) is 11.5 Å². The van der Waals surface area contributed by atoms with Crippen LogP contribution in [0.1, 0.15) is 16.7 Å². The van der Waals surface area contributed by atoms with Gasteiger partial charge in [-0.25, -0.2) is 0 Å². The maximum absolute atomic E-state index is 5.67. The molecule has 3 nitrogen and oxygen atoms in total. The van der Waals surface area contributed by atoms with Crippen molar-refractivity contribution in [2.75, 3.05) is 13.3 Å². The molecule has 2 aromatic rings. The van der Waals surface area contributed by atoms with Gasteiger partial charge in [-0.15, -0.1) is 0 Å². The van der Waals surface area contributed by atoms with E-state index < -0.39 is 0 Å². The summed E-state index contributed by atoms with van der Waals surface area (Å²) in [5.41, 5.74) is 9.60. The highest BCUT2D eigenvalue weighted by Gasteiger charge is 2.16. The number of fused-ring (bicyclic) bond motifs is 1. The molecule has 1 aliphatic heterocycles. The van der Waals surface area contributed by atoms with Crippen LogP contribution in [0.5, 0.6) is 11.5 Å². The first-order valence-electron chi connectivity index (χ1n) is 7.03. The first kappa shape index (κ1) is 13.0. The summed E-state index contributed by atoms with van der Waals surface area (Å²) in [6.07, 6.45) is 2.88. The molecule has 0 unspecified atom stereocenters. The van der Waals surface area contributed by atoms with Crippen molar-refractivity contribution in [1.29, 1.82) is 0 Å². The molecule has 2 N–H and O–H groups in total. The van der Waals surface area contributed by atoms with Gasteiger partial charge in [-0.3, -0.25) is 0 Å². The second-order valence-corrected chi connectivity index (χ2v) is 4.96. The molecule has 3 heteroatoms. The lowest BCUT2D eigenvalue weighted by atomic mass is 9.97. The fraction of sp³-hybridized carbons (Fsp3) is 0.294. The summed E-state index contributed by atoms with van der Waals surface area (Å²) >= 11 is 0. The zero-order valence-electron chi connectivity index (χ0n) is 11.5. The van der Waals surface area contributed by atoms with E-state index in [1.54, 1.807) is 0 Å². The Labute approximate surface area is 119 Å². The minimum absolute atomic E-state index is 0.329. The zero-order chi connectivity index (χ0) is 13.8. The molecule has 0 fully saturated rings. The van der Waals surface area contributed by atoms with E-state index in [-0.39, 0.29) is 0 Å². The van der Waals surface area contributed by atoms with Gasteiger partial charge in [0.05, 0.1) is 0 Å². The second-order valence-electron chi connectivity index (χ2n) is 4.96. The summed E-state index contributed by atoms with van der Waals surface area (Å²) in [7, 11) is 0. The van der Waals surface area contributed by atoms with Crippen LogP contribution in [-0.4, -0.2) is 13.3 Å². The highest BCUT2D eigenvalue weighted by Crippen LogP contribution is 2.35. The van der Waals surface area contributed by atoms with Crippen LogP contribution in [0, 0.1) is 0 Å². The molecule has 2 aromatic carbocycles. The summed E-state index contributed by atoms with van der Waals surface area (Å²) in [6, 6.07) is 14.6. The first-order chi connectivity index (χ1) is 9.88. The van der Waals surface area contributed by atoms with Crippen molar-refractivity contribution in [2.45, 2.75) is 19.3 Å². The molecule has 0 radical (unpaired) electrons. The summed E-state index contributed by atoms with van der Waals surface area (Å²) in [4.78, 5) is 0. The molecule has 1 heterocycles. The molecule has 0 saturated heterocycles. The number of benzene rings is 2. The standard InChI is InChI=1S/C17H19NO2/c18-11-10-14-5-2-1-4-13(14)8-9-15-6-3-7-16-17(15)20-12-19-16/h1-7H,8-12,18H2. The van der Waals surface area contributed by atoms with Gasteiger partial charge >= 0.3 is 0 Å². The molecular weight excluding hydrogens is 250 g/mol. The van der Waals surface area contributed by atoms with Crippen LogP contribution in [0.3, 0.4) is 0 Å². The van der Waals surface area contributed by atoms with E-state index in [0.29, 0.717) is 13.3 Å². The van der Waals surface area contributed by atoms with Gasteiger partial charge in [0.2, 0.25) is 6.79 Å². The number of rotatable bonds is 5. The van der Waals surface area contributed by atoms with Gasteiger partial charge in [-0.05, 0) is 48.6 Å². The SMILES string of the molecule is NCCc1ccccc1CCc1cccc2c1OCO2. The van der Waals surface area contributed by atoms with Crippen molar-refractivity contribution in [1.82, 2.24) is 0 Å². The van der Waals surface area contributed by atoms with E-state index in [2.05, 4.69) is 30.3 Å². The lowest BCUT2D eigenvalue weighted by Gasteiger charge is -2.10.